The molecule has 0 unspecified atom stereocenters. The molecular weight excluding hydrogens is 260 g/mol. The van der Waals surface area contributed by atoms with Crippen LogP contribution in [0.25, 0.3) is 0 Å². The number of aliphatic hydroxyl groups excluding tert-OH is 1. The number of hydrogen-bond acceptors (Lipinski definition) is 5. The van der Waals surface area contributed by atoms with Gasteiger partial charge in [0.25, 0.3) is 5.91 Å². The number of ether oxygens (including phenoxy) is 1. The Labute approximate surface area is 118 Å². The average Bonchev–Trinajstić information content (AvgIpc) is 2.83. The number of rotatable bonds is 5. The molecule has 0 spiro atoms. The van der Waals surface area contributed by atoms with Gasteiger partial charge >= 0.3 is 0 Å². The first-order chi connectivity index (χ1) is 9.36. The van der Waals surface area contributed by atoms with Gasteiger partial charge in [-0.25, -0.2) is 0 Å². The highest BCUT2D eigenvalue weighted by Gasteiger charge is 2.61. The van der Waals surface area contributed by atoms with Gasteiger partial charge in [-0.15, -0.1) is 0 Å². The molecule has 0 saturated heterocycles. The number of carbonyl (C=O) groups excluding carboxylic acids is 1. The minimum atomic E-state index is -0.690. The largest absolute Gasteiger partial charge is 0.394 e. The first-order valence-electron chi connectivity index (χ1n) is 6.84. The number of amides is 1. The standard InChI is InChI=1S/C14H22N2O4/c1-5-19-11-7-14(8-17,13(11,3)4)15-12(18)10-6-9(2)16-20-10/h6,11,17H,5,7-8H2,1-4H3,(H,15,18)/t11-,14-/m1/s1. The van der Waals surface area contributed by atoms with E-state index in [1.165, 1.54) is 0 Å². The molecule has 1 fully saturated rings. The van der Waals surface area contributed by atoms with E-state index in [-0.39, 0.29) is 29.8 Å². The van der Waals surface area contributed by atoms with Gasteiger partial charge in [-0.2, -0.15) is 0 Å². The first-order valence-corrected chi connectivity index (χ1v) is 6.84. The van der Waals surface area contributed by atoms with E-state index >= 15 is 0 Å². The molecule has 1 heterocycles. The van der Waals surface area contributed by atoms with Crippen LogP contribution in [0.15, 0.2) is 10.6 Å². The van der Waals surface area contributed by atoms with Crippen molar-refractivity contribution < 1.29 is 19.2 Å². The van der Waals surface area contributed by atoms with Gasteiger partial charge in [-0.3, -0.25) is 4.79 Å². The van der Waals surface area contributed by atoms with Crippen molar-refractivity contribution >= 4 is 5.91 Å². The van der Waals surface area contributed by atoms with E-state index in [9.17, 15) is 9.90 Å². The number of aromatic nitrogens is 1. The lowest BCUT2D eigenvalue weighted by Gasteiger charge is -2.60. The van der Waals surface area contributed by atoms with Crippen molar-refractivity contribution in [1.82, 2.24) is 10.5 Å². The van der Waals surface area contributed by atoms with Gasteiger partial charge in [-0.1, -0.05) is 19.0 Å². The molecule has 1 saturated carbocycles. The monoisotopic (exact) mass is 282 g/mol. The Bertz CT molecular complexity index is 497. The molecule has 0 aliphatic heterocycles. The molecule has 2 atom stereocenters. The van der Waals surface area contributed by atoms with E-state index in [2.05, 4.69) is 10.5 Å². The summed E-state index contributed by atoms with van der Waals surface area (Å²) in [4.78, 5) is 12.2. The van der Waals surface area contributed by atoms with E-state index < -0.39 is 5.54 Å². The van der Waals surface area contributed by atoms with E-state index in [1.54, 1.807) is 13.0 Å². The first kappa shape index (κ1) is 15.0. The number of aryl methyl sites for hydroxylation is 1. The fraction of sp³-hybridized carbons (Fsp3) is 0.714. The van der Waals surface area contributed by atoms with Crippen LogP contribution in [0.2, 0.25) is 0 Å². The van der Waals surface area contributed by atoms with E-state index in [4.69, 9.17) is 9.26 Å². The zero-order valence-corrected chi connectivity index (χ0v) is 12.4. The van der Waals surface area contributed by atoms with Crippen molar-refractivity contribution in [3.8, 4) is 0 Å². The number of hydrogen-bond donors (Lipinski definition) is 2. The highest BCUT2D eigenvalue weighted by molar-refractivity contribution is 5.92. The molecule has 6 nitrogen and oxygen atoms in total. The number of aliphatic hydroxyl groups is 1. The molecule has 1 aliphatic rings. The van der Waals surface area contributed by atoms with Gasteiger partial charge in [-0.05, 0) is 13.8 Å². The van der Waals surface area contributed by atoms with Crippen LogP contribution in [0.5, 0.6) is 0 Å². The molecule has 0 radical (unpaired) electrons. The Morgan fingerprint density at radius 3 is 2.80 bits per heavy atom. The molecule has 112 valence electrons. The fourth-order valence-electron chi connectivity index (χ4n) is 2.75. The molecule has 0 aromatic carbocycles. The smallest absolute Gasteiger partial charge is 0.290 e. The van der Waals surface area contributed by atoms with Crippen molar-refractivity contribution in [3.63, 3.8) is 0 Å². The Kier molecular flexibility index (Phi) is 3.88. The Morgan fingerprint density at radius 1 is 1.65 bits per heavy atom. The maximum atomic E-state index is 12.2. The lowest BCUT2D eigenvalue weighted by atomic mass is 9.54. The quantitative estimate of drug-likeness (QED) is 0.849. The number of nitrogens with zero attached hydrogens (tertiary/aromatic N) is 1. The summed E-state index contributed by atoms with van der Waals surface area (Å²) >= 11 is 0. The summed E-state index contributed by atoms with van der Waals surface area (Å²) in [5.74, 6) is -0.200. The van der Waals surface area contributed by atoms with Crippen LogP contribution in [0.1, 0.15) is 43.4 Å². The lowest BCUT2D eigenvalue weighted by Crippen LogP contribution is -2.74. The minimum absolute atomic E-state index is 0.0245. The van der Waals surface area contributed by atoms with Crippen molar-refractivity contribution in [2.75, 3.05) is 13.2 Å². The van der Waals surface area contributed by atoms with E-state index in [0.717, 1.165) is 0 Å². The van der Waals surface area contributed by atoms with Crippen LogP contribution in [-0.4, -0.2) is 41.0 Å². The van der Waals surface area contributed by atoms with Crippen LogP contribution < -0.4 is 5.32 Å². The van der Waals surface area contributed by atoms with Gasteiger partial charge in [0.05, 0.1) is 23.9 Å². The molecule has 6 heteroatoms. The van der Waals surface area contributed by atoms with Gasteiger partial charge in [0.2, 0.25) is 5.76 Å². The zero-order valence-electron chi connectivity index (χ0n) is 12.4. The lowest BCUT2D eigenvalue weighted by molar-refractivity contribution is -0.172. The van der Waals surface area contributed by atoms with Crippen LogP contribution >= 0.6 is 0 Å². The van der Waals surface area contributed by atoms with Crippen molar-refractivity contribution in [2.24, 2.45) is 5.41 Å². The summed E-state index contributed by atoms with van der Waals surface area (Å²) in [6.45, 7) is 8.14. The third-order valence-electron chi connectivity index (χ3n) is 4.41. The summed E-state index contributed by atoms with van der Waals surface area (Å²) in [5, 5.41) is 16.3. The van der Waals surface area contributed by atoms with Gasteiger partial charge in [0.15, 0.2) is 0 Å². The molecule has 1 aliphatic carbocycles. The summed E-state index contributed by atoms with van der Waals surface area (Å²) in [5.41, 5.74) is -0.388. The van der Waals surface area contributed by atoms with Crippen LogP contribution in [0, 0.1) is 12.3 Å². The fourth-order valence-corrected chi connectivity index (χ4v) is 2.75. The van der Waals surface area contributed by atoms with E-state index in [1.807, 2.05) is 20.8 Å². The Morgan fingerprint density at radius 2 is 2.35 bits per heavy atom. The second kappa shape index (κ2) is 5.18. The maximum absolute atomic E-state index is 12.2. The molecule has 20 heavy (non-hydrogen) atoms. The highest BCUT2D eigenvalue weighted by atomic mass is 16.5. The predicted molar refractivity (Wildman–Crippen MR) is 72.3 cm³/mol. The van der Waals surface area contributed by atoms with Gasteiger partial charge in [0.1, 0.15) is 0 Å². The van der Waals surface area contributed by atoms with Gasteiger partial charge < -0.3 is 19.7 Å². The Hall–Kier alpha value is -1.40. The third-order valence-corrected chi connectivity index (χ3v) is 4.41. The number of carbonyl (C=O) groups is 1. The zero-order chi connectivity index (χ0) is 15.0. The SMILES string of the molecule is CCO[C@@H]1C[C@](CO)(NC(=O)c2cc(C)no2)C1(C)C. The molecule has 2 rings (SSSR count). The molecule has 1 aromatic rings. The van der Waals surface area contributed by atoms with Gasteiger partial charge in [0, 0.05) is 24.5 Å². The summed E-state index contributed by atoms with van der Waals surface area (Å²) in [6, 6.07) is 1.58. The second-order valence-electron chi connectivity index (χ2n) is 5.90. The predicted octanol–water partition coefficient (Wildman–Crippen LogP) is 1.28. The van der Waals surface area contributed by atoms with Crippen LogP contribution in [0.4, 0.5) is 0 Å². The van der Waals surface area contributed by atoms with Crippen LogP contribution in [-0.2, 0) is 4.74 Å². The summed E-state index contributed by atoms with van der Waals surface area (Å²) < 4.78 is 10.6. The molecule has 0 bridgehead atoms. The highest BCUT2D eigenvalue weighted by Crippen LogP contribution is 2.51. The maximum Gasteiger partial charge on any atom is 0.290 e. The molecule has 2 N–H and O–H groups in total. The van der Waals surface area contributed by atoms with Crippen molar-refractivity contribution in [1.29, 1.82) is 0 Å². The van der Waals surface area contributed by atoms with Crippen molar-refractivity contribution in [3.05, 3.63) is 17.5 Å². The summed E-state index contributed by atoms with van der Waals surface area (Å²) in [7, 11) is 0. The van der Waals surface area contributed by atoms with Crippen molar-refractivity contribution in [2.45, 2.75) is 45.8 Å². The Balaban J connectivity index is 2.12. The molecular formula is C14H22N2O4. The van der Waals surface area contributed by atoms with Crippen LogP contribution in [0.3, 0.4) is 0 Å². The average molecular weight is 282 g/mol. The number of nitrogens with one attached hydrogen (secondary N) is 1. The van der Waals surface area contributed by atoms with E-state index in [0.29, 0.717) is 18.7 Å². The second-order valence-corrected chi connectivity index (χ2v) is 5.90. The summed E-state index contributed by atoms with van der Waals surface area (Å²) in [6.07, 6.45) is 0.611. The normalized spacial score (nSPS) is 27.9. The topological polar surface area (TPSA) is 84.6 Å². The molecule has 1 amide bonds. The third kappa shape index (κ3) is 2.23. The minimum Gasteiger partial charge on any atom is -0.394 e. The molecule has 1 aromatic heterocycles.